The number of carbonyl (C=O) groups is 1. The largest absolute Gasteiger partial charge is 0.352 e. The highest BCUT2D eigenvalue weighted by Gasteiger charge is 2.31. The molecule has 2 heterocycles. The van der Waals surface area contributed by atoms with E-state index in [4.69, 9.17) is 0 Å². The van der Waals surface area contributed by atoms with Gasteiger partial charge in [0.25, 0.3) is 10.0 Å². The molecule has 0 aromatic carbocycles. The Morgan fingerprint density at radius 2 is 2.04 bits per heavy atom. The first-order valence-electron chi connectivity index (χ1n) is 8.02. The molecule has 1 aliphatic heterocycles. The summed E-state index contributed by atoms with van der Waals surface area (Å²) in [5, 5.41) is 4.81. The number of hydrogen-bond donors (Lipinski definition) is 1. The molecule has 3 rings (SSSR count). The van der Waals surface area contributed by atoms with Gasteiger partial charge in [-0.3, -0.25) is 9.69 Å². The van der Waals surface area contributed by atoms with Gasteiger partial charge >= 0.3 is 0 Å². The molecule has 0 radical (unpaired) electrons. The Balaban J connectivity index is 1.47. The minimum Gasteiger partial charge on any atom is -0.352 e. The topological polar surface area (TPSA) is 69.7 Å². The fraction of sp³-hybridized carbons (Fsp3) is 0.667. The summed E-state index contributed by atoms with van der Waals surface area (Å²) in [5.74, 6) is 0.686. The lowest BCUT2D eigenvalue weighted by molar-refractivity contribution is -0.123. The SMILES string of the molecule is C[C@H](NC(=O)CN1CCN(S(=O)(=O)c2cccs2)CC1)C1CC1. The first kappa shape index (κ1) is 16.9. The molecule has 0 spiro atoms. The van der Waals surface area contributed by atoms with E-state index in [2.05, 4.69) is 12.2 Å². The quantitative estimate of drug-likeness (QED) is 0.824. The number of sulfonamides is 1. The maximum Gasteiger partial charge on any atom is 0.252 e. The first-order chi connectivity index (χ1) is 11.0. The third-order valence-electron chi connectivity index (χ3n) is 4.51. The number of nitrogens with zero attached hydrogens (tertiary/aromatic N) is 2. The third kappa shape index (κ3) is 4.12. The van der Waals surface area contributed by atoms with E-state index < -0.39 is 10.0 Å². The van der Waals surface area contributed by atoms with Crippen LogP contribution in [0.25, 0.3) is 0 Å². The van der Waals surface area contributed by atoms with Crippen LogP contribution in [0.5, 0.6) is 0 Å². The van der Waals surface area contributed by atoms with E-state index in [0.29, 0.717) is 42.9 Å². The van der Waals surface area contributed by atoms with Crippen molar-refractivity contribution in [3.05, 3.63) is 17.5 Å². The van der Waals surface area contributed by atoms with E-state index in [0.717, 1.165) is 0 Å². The zero-order chi connectivity index (χ0) is 16.4. The van der Waals surface area contributed by atoms with Crippen LogP contribution in [0, 0.1) is 5.92 Å². The summed E-state index contributed by atoms with van der Waals surface area (Å²) in [6.45, 7) is 4.47. The van der Waals surface area contributed by atoms with E-state index in [-0.39, 0.29) is 11.9 Å². The van der Waals surface area contributed by atoms with Crippen LogP contribution in [0.15, 0.2) is 21.7 Å². The molecule has 1 N–H and O–H groups in total. The average Bonchev–Trinajstić information content (AvgIpc) is 3.22. The number of rotatable bonds is 6. The monoisotopic (exact) mass is 357 g/mol. The highest BCUT2D eigenvalue weighted by molar-refractivity contribution is 7.91. The van der Waals surface area contributed by atoms with Gasteiger partial charge < -0.3 is 5.32 Å². The van der Waals surface area contributed by atoms with Crippen molar-refractivity contribution < 1.29 is 13.2 Å². The zero-order valence-electron chi connectivity index (χ0n) is 13.3. The summed E-state index contributed by atoms with van der Waals surface area (Å²) in [5.41, 5.74) is 0. The van der Waals surface area contributed by atoms with Gasteiger partial charge in [-0.1, -0.05) is 6.07 Å². The summed E-state index contributed by atoms with van der Waals surface area (Å²) in [4.78, 5) is 14.1. The van der Waals surface area contributed by atoms with Gasteiger partial charge in [0.05, 0.1) is 6.54 Å². The summed E-state index contributed by atoms with van der Waals surface area (Å²) >= 11 is 1.24. The molecule has 2 fully saturated rings. The molecule has 2 aliphatic rings. The number of piperazine rings is 1. The van der Waals surface area contributed by atoms with Gasteiger partial charge in [-0.25, -0.2) is 8.42 Å². The summed E-state index contributed by atoms with van der Waals surface area (Å²) in [6, 6.07) is 3.64. The minimum absolute atomic E-state index is 0.0407. The van der Waals surface area contributed by atoms with Crippen molar-refractivity contribution in [2.75, 3.05) is 32.7 Å². The fourth-order valence-electron chi connectivity index (χ4n) is 2.88. The number of thiophene rings is 1. The van der Waals surface area contributed by atoms with Gasteiger partial charge in [-0.2, -0.15) is 4.31 Å². The molecule has 1 atom stereocenters. The van der Waals surface area contributed by atoms with Crippen molar-refractivity contribution in [3.8, 4) is 0 Å². The molecule has 1 aromatic rings. The van der Waals surface area contributed by atoms with E-state index in [1.807, 2.05) is 4.90 Å². The number of nitrogens with one attached hydrogen (secondary N) is 1. The van der Waals surface area contributed by atoms with Crippen molar-refractivity contribution in [2.45, 2.75) is 30.0 Å². The Hall–Kier alpha value is -0.960. The molecular formula is C15H23N3O3S2. The van der Waals surface area contributed by atoms with Crippen LogP contribution >= 0.6 is 11.3 Å². The van der Waals surface area contributed by atoms with E-state index >= 15 is 0 Å². The van der Waals surface area contributed by atoms with Crippen LogP contribution in [0.3, 0.4) is 0 Å². The van der Waals surface area contributed by atoms with Gasteiger partial charge in [-0.05, 0) is 37.1 Å². The van der Waals surface area contributed by atoms with Gasteiger partial charge in [0.1, 0.15) is 4.21 Å². The lowest BCUT2D eigenvalue weighted by Gasteiger charge is -2.33. The van der Waals surface area contributed by atoms with E-state index in [9.17, 15) is 13.2 Å². The van der Waals surface area contributed by atoms with E-state index in [1.54, 1.807) is 17.5 Å². The summed E-state index contributed by atoms with van der Waals surface area (Å²) in [7, 11) is -3.37. The predicted molar refractivity (Wildman–Crippen MR) is 89.8 cm³/mol. The minimum atomic E-state index is -3.37. The second kappa shape index (κ2) is 6.88. The molecule has 0 bridgehead atoms. The van der Waals surface area contributed by atoms with Gasteiger partial charge in [0, 0.05) is 32.2 Å². The predicted octanol–water partition coefficient (Wildman–Crippen LogP) is 0.969. The Morgan fingerprint density at radius 3 is 2.61 bits per heavy atom. The van der Waals surface area contributed by atoms with Crippen LogP contribution in [0.2, 0.25) is 0 Å². The lowest BCUT2D eigenvalue weighted by Crippen LogP contribution is -2.51. The smallest absolute Gasteiger partial charge is 0.252 e. The fourth-order valence-corrected chi connectivity index (χ4v) is 5.45. The van der Waals surface area contributed by atoms with Crippen LogP contribution in [0.1, 0.15) is 19.8 Å². The summed E-state index contributed by atoms with van der Waals surface area (Å²) in [6.07, 6.45) is 2.42. The molecule has 1 amide bonds. The molecule has 0 unspecified atom stereocenters. The van der Waals surface area contributed by atoms with Crippen molar-refractivity contribution in [3.63, 3.8) is 0 Å². The van der Waals surface area contributed by atoms with Crippen molar-refractivity contribution >= 4 is 27.3 Å². The van der Waals surface area contributed by atoms with Gasteiger partial charge in [-0.15, -0.1) is 11.3 Å². The Kier molecular flexibility index (Phi) is 5.05. The molecule has 1 saturated carbocycles. The molecular weight excluding hydrogens is 334 g/mol. The van der Waals surface area contributed by atoms with Crippen molar-refractivity contribution in [2.24, 2.45) is 5.92 Å². The number of amides is 1. The van der Waals surface area contributed by atoms with Crippen molar-refractivity contribution in [1.82, 2.24) is 14.5 Å². The Bertz CT molecular complexity index is 633. The standard InChI is InChI=1S/C15H23N3O3S2/c1-12(13-4-5-13)16-14(19)11-17-6-8-18(9-7-17)23(20,21)15-3-2-10-22-15/h2-3,10,12-13H,4-9,11H2,1H3,(H,16,19)/t12-/m0/s1. The van der Waals surface area contributed by atoms with Crippen molar-refractivity contribution in [1.29, 1.82) is 0 Å². The maximum atomic E-state index is 12.4. The van der Waals surface area contributed by atoms with Crippen LogP contribution in [-0.4, -0.2) is 62.3 Å². The maximum absolute atomic E-state index is 12.4. The third-order valence-corrected chi connectivity index (χ3v) is 7.78. The second-order valence-corrected chi connectivity index (χ2v) is 9.42. The normalized spacial score (nSPS) is 22.0. The Morgan fingerprint density at radius 1 is 1.35 bits per heavy atom. The second-order valence-electron chi connectivity index (χ2n) is 6.31. The number of carbonyl (C=O) groups excluding carboxylic acids is 1. The molecule has 128 valence electrons. The molecule has 23 heavy (non-hydrogen) atoms. The van der Waals surface area contributed by atoms with Gasteiger partial charge in [0.2, 0.25) is 5.91 Å². The molecule has 1 aromatic heterocycles. The highest BCUT2D eigenvalue weighted by Crippen LogP contribution is 2.32. The highest BCUT2D eigenvalue weighted by atomic mass is 32.2. The zero-order valence-corrected chi connectivity index (χ0v) is 14.9. The van der Waals surface area contributed by atoms with Crippen LogP contribution < -0.4 is 5.32 Å². The van der Waals surface area contributed by atoms with Gasteiger partial charge in [0.15, 0.2) is 0 Å². The Labute approximate surface area is 141 Å². The van der Waals surface area contributed by atoms with Crippen LogP contribution in [0.4, 0.5) is 0 Å². The molecule has 1 aliphatic carbocycles. The number of hydrogen-bond acceptors (Lipinski definition) is 5. The van der Waals surface area contributed by atoms with E-state index in [1.165, 1.54) is 28.5 Å². The lowest BCUT2D eigenvalue weighted by atomic mass is 10.2. The molecule has 1 saturated heterocycles. The van der Waals surface area contributed by atoms with Crippen LogP contribution in [-0.2, 0) is 14.8 Å². The molecule has 8 heteroatoms. The molecule has 6 nitrogen and oxygen atoms in total. The average molecular weight is 358 g/mol. The first-order valence-corrected chi connectivity index (χ1v) is 10.3. The summed E-state index contributed by atoms with van der Waals surface area (Å²) < 4.78 is 26.8.